The third kappa shape index (κ3) is 1.83. The quantitative estimate of drug-likeness (QED) is 0.759. The molecule has 1 fully saturated rings. The summed E-state index contributed by atoms with van der Waals surface area (Å²) < 4.78 is 10.5. The molecule has 0 amide bonds. The first kappa shape index (κ1) is 11.5. The van der Waals surface area contributed by atoms with E-state index in [2.05, 4.69) is 10.1 Å². The lowest BCUT2D eigenvalue weighted by Crippen LogP contribution is -2.37. The number of aromatic nitrogens is 2. The minimum Gasteiger partial charge on any atom is -0.396 e. The Bertz CT molecular complexity index is 343. The van der Waals surface area contributed by atoms with Gasteiger partial charge < -0.3 is 20.1 Å². The van der Waals surface area contributed by atoms with Gasteiger partial charge in [0.2, 0.25) is 11.7 Å². The number of rotatable bonds is 5. The van der Waals surface area contributed by atoms with E-state index in [1.54, 1.807) is 7.11 Å². The van der Waals surface area contributed by atoms with Gasteiger partial charge in [0.25, 0.3) is 0 Å². The number of hydrogen-bond donors (Lipinski definition) is 2. The van der Waals surface area contributed by atoms with Crippen LogP contribution >= 0.6 is 0 Å². The highest BCUT2D eigenvalue weighted by molar-refractivity contribution is 5.07. The molecule has 0 aliphatic heterocycles. The first-order chi connectivity index (χ1) is 7.72. The topological polar surface area (TPSA) is 94.4 Å². The fourth-order valence-electron chi connectivity index (χ4n) is 1.85. The molecule has 1 heterocycles. The van der Waals surface area contributed by atoms with Crippen molar-refractivity contribution < 1.29 is 14.4 Å². The zero-order valence-corrected chi connectivity index (χ0v) is 9.35. The van der Waals surface area contributed by atoms with Crippen LogP contribution in [-0.2, 0) is 10.3 Å². The molecule has 0 aromatic carbocycles. The van der Waals surface area contributed by atoms with E-state index in [0.717, 1.165) is 19.3 Å². The van der Waals surface area contributed by atoms with Gasteiger partial charge in [-0.2, -0.15) is 4.98 Å². The van der Waals surface area contributed by atoms with Crippen molar-refractivity contribution in [1.29, 1.82) is 0 Å². The Morgan fingerprint density at radius 2 is 2.38 bits per heavy atom. The summed E-state index contributed by atoms with van der Waals surface area (Å²) in [5.41, 5.74) is 5.39. The number of ether oxygens (including phenoxy) is 1. The van der Waals surface area contributed by atoms with Gasteiger partial charge in [0.05, 0.1) is 6.04 Å². The maximum Gasteiger partial charge on any atom is 0.243 e. The maximum atomic E-state index is 8.77. The van der Waals surface area contributed by atoms with E-state index < -0.39 is 6.04 Å². The van der Waals surface area contributed by atoms with E-state index in [1.165, 1.54) is 0 Å². The van der Waals surface area contributed by atoms with Gasteiger partial charge in [0.1, 0.15) is 5.60 Å². The van der Waals surface area contributed by atoms with Crippen LogP contribution in [0.1, 0.15) is 43.4 Å². The highest BCUT2D eigenvalue weighted by Gasteiger charge is 2.43. The predicted octanol–water partition coefficient (Wildman–Crippen LogP) is 0.477. The third-order valence-corrected chi connectivity index (χ3v) is 3.16. The number of nitrogens with two attached hydrogens (primary N) is 1. The smallest absolute Gasteiger partial charge is 0.243 e. The molecule has 0 saturated heterocycles. The molecule has 1 aliphatic carbocycles. The summed E-state index contributed by atoms with van der Waals surface area (Å²) in [6.07, 6.45) is 3.36. The number of methoxy groups -OCH3 is 1. The lowest BCUT2D eigenvalue weighted by atomic mass is 9.79. The van der Waals surface area contributed by atoms with E-state index in [1.807, 2.05) is 0 Å². The van der Waals surface area contributed by atoms with Gasteiger partial charge in [-0.15, -0.1) is 0 Å². The van der Waals surface area contributed by atoms with Crippen LogP contribution in [0.2, 0.25) is 0 Å². The van der Waals surface area contributed by atoms with Gasteiger partial charge in [-0.3, -0.25) is 0 Å². The predicted molar refractivity (Wildman–Crippen MR) is 55.5 cm³/mol. The van der Waals surface area contributed by atoms with Crippen LogP contribution in [-0.4, -0.2) is 29.0 Å². The van der Waals surface area contributed by atoms with Gasteiger partial charge in [-0.05, 0) is 25.7 Å². The molecular weight excluding hydrogens is 210 g/mol. The molecule has 1 saturated carbocycles. The molecule has 1 aromatic heterocycles. The SMILES string of the molecule is COC1(c2noc(C(N)CCO)n2)CCC1. The first-order valence-corrected chi connectivity index (χ1v) is 5.47. The lowest BCUT2D eigenvalue weighted by Gasteiger charge is -2.37. The average molecular weight is 227 g/mol. The summed E-state index contributed by atoms with van der Waals surface area (Å²) in [7, 11) is 1.66. The molecule has 3 N–H and O–H groups in total. The van der Waals surface area contributed by atoms with E-state index in [9.17, 15) is 0 Å². The Morgan fingerprint density at radius 1 is 1.62 bits per heavy atom. The lowest BCUT2D eigenvalue weighted by molar-refractivity contribution is -0.0858. The molecule has 0 bridgehead atoms. The van der Waals surface area contributed by atoms with Crippen molar-refractivity contribution in [2.24, 2.45) is 5.73 Å². The van der Waals surface area contributed by atoms with Gasteiger partial charge in [-0.25, -0.2) is 0 Å². The molecule has 90 valence electrons. The van der Waals surface area contributed by atoms with Crippen LogP contribution in [0.25, 0.3) is 0 Å². The van der Waals surface area contributed by atoms with Crippen molar-refractivity contribution in [2.75, 3.05) is 13.7 Å². The van der Waals surface area contributed by atoms with Crippen LogP contribution in [0.5, 0.6) is 0 Å². The van der Waals surface area contributed by atoms with Gasteiger partial charge >= 0.3 is 0 Å². The summed E-state index contributed by atoms with van der Waals surface area (Å²) in [6.45, 7) is 0.00823. The molecule has 16 heavy (non-hydrogen) atoms. The van der Waals surface area contributed by atoms with E-state index in [4.69, 9.17) is 20.1 Å². The molecule has 6 heteroatoms. The van der Waals surface area contributed by atoms with Gasteiger partial charge in [-0.1, -0.05) is 5.16 Å². The minimum absolute atomic E-state index is 0.00823. The van der Waals surface area contributed by atoms with E-state index in [-0.39, 0.29) is 12.2 Å². The first-order valence-electron chi connectivity index (χ1n) is 5.47. The molecule has 1 aliphatic rings. The zero-order valence-electron chi connectivity index (χ0n) is 9.35. The minimum atomic E-state index is -0.403. The van der Waals surface area contributed by atoms with Crippen LogP contribution in [0, 0.1) is 0 Å². The van der Waals surface area contributed by atoms with Crippen LogP contribution in [0.4, 0.5) is 0 Å². The third-order valence-electron chi connectivity index (χ3n) is 3.16. The average Bonchev–Trinajstić information content (AvgIpc) is 2.67. The Kier molecular flexibility index (Phi) is 3.22. The fraction of sp³-hybridized carbons (Fsp3) is 0.800. The van der Waals surface area contributed by atoms with E-state index >= 15 is 0 Å². The number of aliphatic hydroxyl groups excluding tert-OH is 1. The Balaban J connectivity index is 2.12. The fourth-order valence-corrected chi connectivity index (χ4v) is 1.85. The van der Waals surface area contributed by atoms with Gasteiger partial charge in [0, 0.05) is 13.7 Å². The number of aliphatic hydroxyl groups is 1. The second-order valence-corrected chi connectivity index (χ2v) is 4.13. The monoisotopic (exact) mass is 227 g/mol. The maximum absolute atomic E-state index is 8.77. The molecule has 2 rings (SSSR count). The second kappa shape index (κ2) is 4.48. The largest absolute Gasteiger partial charge is 0.396 e. The molecule has 1 aromatic rings. The standard InChI is InChI=1S/C10H17N3O3/c1-15-10(4-2-5-10)9-12-8(16-13-9)7(11)3-6-14/h7,14H,2-6,11H2,1H3. The highest BCUT2D eigenvalue weighted by Crippen LogP contribution is 2.42. The summed E-state index contributed by atoms with van der Waals surface area (Å²) in [5.74, 6) is 0.942. The van der Waals surface area contributed by atoms with Crippen LogP contribution in [0.3, 0.4) is 0 Å². The van der Waals surface area contributed by atoms with Crippen molar-refractivity contribution in [3.63, 3.8) is 0 Å². The Morgan fingerprint density at radius 3 is 2.88 bits per heavy atom. The molecule has 0 radical (unpaired) electrons. The van der Waals surface area contributed by atoms with Gasteiger partial charge in [0.15, 0.2) is 0 Å². The van der Waals surface area contributed by atoms with Crippen LogP contribution < -0.4 is 5.73 Å². The molecule has 1 atom stereocenters. The zero-order chi connectivity index (χ0) is 11.6. The van der Waals surface area contributed by atoms with Crippen molar-refractivity contribution in [1.82, 2.24) is 10.1 Å². The van der Waals surface area contributed by atoms with Crippen molar-refractivity contribution in [3.8, 4) is 0 Å². The molecular formula is C10H17N3O3. The van der Waals surface area contributed by atoms with Crippen molar-refractivity contribution >= 4 is 0 Å². The molecule has 1 unspecified atom stereocenters. The number of nitrogens with zero attached hydrogens (tertiary/aromatic N) is 2. The van der Waals surface area contributed by atoms with Crippen LogP contribution in [0.15, 0.2) is 4.52 Å². The highest BCUT2D eigenvalue weighted by atomic mass is 16.5. The number of hydrogen-bond acceptors (Lipinski definition) is 6. The molecule has 6 nitrogen and oxygen atoms in total. The summed E-state index contributed by atoms with van der Waals surface area (Å²) in [6, 6.07) is -0.403. The summed E-state index contributed by atoms with van der Waals surface area (Å²) >= 11 is 0. The second-order valence-electron chi connectivity index (χ2n) is 4.13. The van der Waals surface area contributed by atoms with Crippen molar-refractivity contribution in [3.05, 3.63) is 11.7 Å². The molecule has 0 spiro atoms. The Labute approximate surface area is 93.8 Å². The van der Waals surface area contributed by atoms with E-state index in [0.29, 0.717) is 18.1 Å². The van der Waals surface area contributed by atoms with Crippen molar-refractivity contribution in [2.45, 2.75) is 37.3 Å². The summed E-state index contributed by atoms with van der Waals surface area (Å²) in [4.78, 5) is 4.25. The normalized spacial score (nSPS) is 20.4. The summed E-state index contributed by atoms with van der Waals surface area (Å²) in [5, 5.41) is 12.7. The Hall–Kier alpha value is -0.980.